The number of nitrogens with zero attached hydrogens (tertiary/aromatic N) is 1. The van der Waals surface area contributed by atoms with Gasteiger partial charge in [-0.3, -0.25) is 14.5 Å². The van der Waals surface area contributed by atoms with E-state index in [4.69, 9.17) is 0 Å². The summed E-state index contributed by atoms with van der Waals surface area (Å²) in [5.74, 6) is -0.990. The van der Waals surface area contributed by atoms with E-state index in [0.717, 1.165) is 3.57 Å². The molecule has 1 aliphatic heterocycles. The second-order valence-corrected chi connectivity index (χ2v) is 4.09. The minimum atomic E-state index is -0.531. The van der Waals surface area contributed by atoms with E-state index < -0.39 is 11.7 Å². The van der Waals surface area contributed by atoms with Crippen molar-refractivity contribution in [2.45, 2.75) is 0 Å². The minimum Gasteiger partial charge on any atom is -0.283 e. The van der Waals surface area contributed by atoms with E-state index in [1.54, 1.807) is 12.1 Å². The first-order valence-electron chi connectivity index (χ1n) is 3.95. The van der Waals surface area contributed by atoms with Gasteiger partial charge in [-0.25, -0.2) is 0 Å². The number of anilines is 1. The van der Waals surface area contributed by atoms with Gasteiger partial charge in [-0.2, -0.15) is 0 Å². The van der Waals surface area contributed by atoms with Crippen molar-refractivity contribution in [3.63, 3.8) is 0 Å². The maximum atomic E-state index is 11.5. The second kappa shape index (κ2) is 3.20. The Morgan fingerprint density at radius 1 is 1.36 bits per heavy atom. The van der Waals surface area contributed by atoms with Crippen molar-refractivity contribution >= 4 is 40.0 Å². The van der Waals surface area contributed by atoms with Gasteiger partial charge in [-0.05, 0) is 40.8 Å². The highest BCUT2D eigenvalue weighted by molar-refractivity contribution is 14.1. The zero-order valence-electron chi connectivity index (χ0n) is 7.16. The Balaban J connectivity index is 2.67. The van der Waals surface area contributed by atoms with Crippen LogP contribution in [0.2, 0.25) is 0 Å². The van der Waals surface area contributed by atoms with Crippen LogP contribution in [0.1, 0.15) is 10.4 Å². The Labute approximate surface area is 94.5 Å². The van der Waals surface area contributed by atoms with Gasteiger partial charge < -0.3 is 0 Å². The van der Waals surface area contributed by atoms with Gasteiger partial charge in [0.1, 0.15) is 0 Å². The van der Waals surface area contributed by atoms with E-state index in [9.17, 15) is 9.59 Å². The molecule has 1 aliphatic rings. The maximum Gasteiger partial charge on any atom is 0.303 e. The number of Topliss-reactive ketones (excluding diaryl/α,β-unsaturated/α-hetero) is 1. The average molecular weight is 299 g/mol. The smallest absolute Gasteiger partial charge is 0.283 e. The molecule has 2 rings (SSSR count). The van der Waals surface area contributed by atoms with Gasteiger partial charge in [0, 0.05) is 9.77 Å². The van der Waals surface area contributed by atoms with E-state index in [2.05, 4.69) is 29.2 Å². The molecule has 70 valence electrons. The van der Waals surface area contributed by atoms with Crippen LogP contribution < -0.4 is 4.90 Å². The molecule has 0 fully saturated rings. The summed E-state index contributed by atoms with van der Waals surface area (Å²) in [4.78, 5) is 24.2. The molecule has 14 heavy (non-hydrogen) atoms. The number of hydrogen-bond donors (Lipinski definition) is 0. The summed E-state index contributed by atoms with van der Waals surface area (Å²) in [6.45, 7) is 3.50. The van der Waals surface area contributed by atoms with Crippen LogP contribution >= 0.6 is 22.6 Å². The first-order chi connectivity index (χ1) is 6.65. The fourth-order valence-electron chi connectivity index (χ4n) is 1.42. The predicted molar refractivity (Wildman–Crippen MR) is 61.2 cm³/mol. The number of fused-ring (bicyclic) bond motifs is 1. The third-order valence-electron chi connectivity index (χ3n) is 2.06. The molecule has 0 saturated carbocycles. The summed E-state index contributed by atoms with van der Waals surface area (Å²) in [6.07, 6.45) is 1.36. The number of ketones is 1. The molecule has 3 nitrogen and oxygen atoms in total. The van der Waals surface area contributed by atoms with Crippen molar-refractivity contribution in [2.24, 2.45) is 0 Å². The quantitative estimate of drug-likeness (QED) is 0.587. The molecule has 1 aromatic rings. The van der Waals surface area contributed by atoms with Crippen molar-refractivity contribution in [2.75, 3.05) is 4.90 Å². The van der Waals surface area contributed by atoms with E-state index in [0.29, 0.717) is 11.3 Å². The SMILES string of the molecule is C=CN1C(=O)C(=O)c2cc(I)ccc21. The molecule has 0 spiro atoms. The Hall–Kier alpha value is -1.17. The summed E-state index contributed by atoms with van der Waals surface area (Å²) >= 11 is 2.10. The molecule has 0 saturated heterocycles. The van der Waals surface area contributed by atoms with Gasteiger partial charge in [0.15, 0.2) is 0 Å². The van der Waals surface area contributed by atoms with E-state index in [1.165, 1.54) is 11.1 Å². The van der Waals surface area contributed by atoms with Crippen molar-refractivity contribution < 1.29 is 9.59 Å². The van der Waals surface area contributed by atoms with E-state index in [1.807, 2.05) is 6.07 Å². The summed E-state index contributed by atoms with van der Waals surface area (Å²) in [5.41, 5.74) is 1.08. The van der Waals surface area contributed by atoms with Gasteiger partial charge in [0.2, 0.25) is 0 Å². The lowest BCUT2D eigenvalue weighted by molar-refractivity contribution is -0.113. The highest BCUT2D eigenvalue weighted by Gasteiger charge is 2.34. The number of hydrogen-bond acceptors (Lipinski definition) is 2. The molecule has 0 bridgehead atoms. The number of carbonyl (C=O) groups excluding carboxylic acids is 2. The van der Waals surface area contributed by atoms with Crippen LogP contribution in [0.25, 0.3) is 0 Å². The molecule has 1 aromatic carbocycles. The van der Waals surface area contributed by atoms with Crippen molar-refractivity contribution in [3.8, 4) is 0 Å². The Bertz CT molecular complexity index is 453. The number of rotatable bonds is 1. The highest BCUT2D eigenvalue weighted by Crippen LogP contribution is 2.30. The van der Waals surface area contributed by atoms with Crippen LogP contribution in [-0.2, 0) is 4.79 Å². The van der Waals surface area contributed by atoms with Gasteiger partial charge in [-0.1, -0.05) is 6.58 Å². The lowest BCUT2D eigenvalue weighted by Gasteiger charge is -2.08. The van der Waals surface area contributed by atoms with Crippen molar-refractivity contribution in [1.82, 2.24) is 0 Å². The highest BCUT2D eigenvalue weighted by atomic mass is 127. The van der Waals surface area contributed by atoms with Crippen molar-refractivity contribution in [1.29, 1.82) is 0 Å². The standard InChI is InChI=1S/C10H6INO2/c1-2-12-8-4-3-6(11)5-7(8)9(13)10(12)14/h2-5H,1H2. The molecule has 0 unspecified atom stereocenters. The molecule has 0 radical (unpaired) electrons. The van der Waals surface area contributed by atoms with Crippen LogP contribution in [0.3, 0.4) is 0 Å². The molecular formula is C10H6INO2. The maximum absolute atomic E-state index is 11.5. The molecule has 0 aromatic heterocycles. The predicted octanol–water partition coefficient (Wildman–Crippen LogP) is 1.96. The van der Waals surface area contributed by atoms with Gasteiger partial charge in [0.05, 0.1) is 11.3 Å². The second-order valence-electron chi connectivity index (χ2n) is 2.85. The molecule has 0 N–H and O–H groups in total. The largest absolute Gasteiger partial charge is 0.303 e. The summed E-state index contributed by atoms with van der Waals surface area (Å²) in [6, 6.07) is 5.31. The summed E-state index contributed by atoms with van der Waals surface area (Å²) in [7, 11) is 0. The van der Waals surface area contributed by atoms with Crippen molar-refractivity contribution in [3.05, 3.63) is 40.1 Å². The number of amides is 1. The molecule has 0 atom stereocenters. The van der Waals surface area contributed by atoms with E-state index in [-0.39, 0.29) is 0 Å². The van der Waals surface area contributed by atoms with Crippen LogP contribution in [0.4, 0.5) is 5.69 Å². The molecule has 4 heteroatoms. The first kappa shape index (κ1) is 9.39. The molecular weight excluding hydrogens is 293 g/mol. The average Bonchev–Trinajstić information content (AvgIpc) is 2.41. The number of carbonyl (C=O) groups is 2. The zero-order chi connectivity index (χ0) is 10.3. The fraction of sp³-hybridized carbons (Fsp3) is 0. The van der Waals surface area contributed by atoms with Crippen LogP contribution in [0.5, 0.6) is 0 Å². The third kappa shape index (κ3) is 1.18. The molecule has 1 heterocycles. The Morgan fingerprint density at radius 3 is 2.71 bits per heavy atom. The lowest BCUT2D eigenvalue weighted by Crippen LogP contribution is -2.23. The van der Waals surface area contributed by atoms with Crippen LogP contribution in [0, 0.1) is 3.57 Å². The normalized spacial score (nSPS) is 14.5. The summed E-state index contributed by atoms with van der Waals surface area (Å²) in [5, 5.41) is 0. The van der Waals surface area contributed by atoms with Gasteiger partial charge in [-0.15, -0.1) is 0 Å². The molecule has 0 aliphatic carbocycles. The number of benzene rings is 1. The molecule has 1 amide bonds. The first-order valence-corrected chi connectivity index (χ1v) is 5.03. The van der Waals surface area contributed by atoms with Crippen LogP contribution in [0.15, 0.2) is 31.0 Å². The summed E-state index contributed by atoms with van der Waals surface area (Å²) < 4.78 is 0.938. The topological polar surface area (TPSA) is 37.4 Å². The minimum absolute atomic E-state index is 0.460. The van der Waals surface area contributed by atoms with Gasteiger partial charge in [0.25, 0.3) is 5.78 Å². The fourth-order valence-corrected chi connectivity index (χ4v) is 1.91. The van der Waals surface area contributed by atoms with Gasteiger partial charge >= 0.3 is 5.91 Å². The van der Waals surface area contributed by atoms with E-state index >= 15 is 0 Å². The Kier molecular flexibility index (Phi) is 2.14. The van der Waals surface area contributed by atoms with Crippen LogP contribution in [-0.4, -0.2) is 11.7 Å². The Morgan fingerprint density at radius 2 is 2.07 bits per heavy atom. The number of halogens is 1. The zero-order valence-corrected chi connectivity index (χ0v) is 9.32. The third-order valence-corrected chi connectivity index (χ3v) is 2.73. The monoisotopic (exact) mass is 299 g/mol. The lowest BCUT2D eigenvalue weighted by atomic mass is 10.1.